The zero-order valence-corrected chi connectivity index (χ0v) is 9.11. The summed E-state index contributed by atoms with van der Waals surface area (Å²) < 4.78 is 0. The SMILES string of the molecule is C=C/C=C1/[B]c2ccccc2N/C1=C/C=C. The van der Waals surface area contributed by atoms with Crippen LogP contribution >= 0.6 is 0 Å². The number of anilines is 1. The van der Waals surface area contributed by atoms with E-state index < -0.39 is 0 Å². The monoisotopic (exact) mass is 206 g/mol. The number of fused-ring (bicyclic) bond motifs is 1. The van der Waals surface area contributed by atoms with Crippen LogP contribution in [0.3, 0.4) is 0 Å². The van der Waals surface area contributed by atoms with E-state index in [0.29, 0.717) is 0 Å². The molecule has 2 heteroatoms. The molecule has 0 unspecified atom stereocenters. The van der Waals surface area contributed by atoms with Crippen LogP contribution in [0, 0.1) is 0 Å². The molecule has 0 amide bonds. The van der Waals surface area contributed by atoms with Crippen molar-refractivity contribution in [1.29, 1.82) is 0 Å². The van der Waals surface area contributed by atoms with Gasteiger partial charge in [-0.05, 0) is 12.1 Å². The highest BCUT2D eigenvalue weighted by atomic mass is 14.9. The number of hydrogen-bond donors (Lipinski definition) is 1. The van der Waals surface area contributed by atoms with Crippen LogP contribution in [0.5, 0.6) is 0 Å². The molecule has 0 aliphatic carbocycles. The van der Waals surface area contributed by atoms with Gasteiger partial charge in [0.15, 0.2) is 7.28 Å². The van der Waals surface area contributed by atoms with Gasteiger partial charge in [0.25, 0.3) is 0 Å². The molecule has 0 fully saturated rings. The van der Waals surface area contributed by atoms with E-state index in [1.54, 1.807) is 12.2 Å². The Hall–Kier alpha value is -1.96. The summed E-state index contributed by atoms with van der Waals surface area (Å²) in [5.41, 5.74) is 4.48. The van der Waals surface area contributed by atoms with Crippen LogP contribution in [-0.4, -0.2) is 7.28 Å². The van der Waals surface area contributed by atoms with Crippen molar-refractivity contribution in [2.45, 2.75) is 0 Å². The van der Waals surface area contributed by atoms with Crippen molar-refractivity contribution >= 4 is 18.4 Å². The summed E-state index contributed by atoms with van der Waals surface area (Å²) >= 11 is 0. The summed E-state index contributed by atoms with van der Waals surface area (Å²) in [5.74, 6) is 0. The molecule has 1 radical (unpaired) electrons. The van der Waals surface area contributed by atoms with Crippen LogP contribution in [0.15, 0.2) is 72.9 Å². The molecule has 1 aromatic carbocycles. The number of benzene rings is 1. The number of allylic oxidation sites excluding steroid dienone is 5. The molecular formula is C14H13BN. The molecule has 16 heavy (non-hydrogen) atoms. The van der Waals surface area contributed by atoms with E-state index in [1.165, 1.54) is 5.46 Å². The Bertz CT molecular complexity index is 438. The molecule has 1 aliphatic rings. The largest absolute Gasteiger partial charge is 0.356 e. The van der Waals surface area contributed by atoms with Crippen LogP contribution in [0.2, 0.25) is 0 Å². The van der Waals surface area contributed by atoms with Gasteiger partial charge in [0.2, 0.25) is 0 Å². The quantitative estimate of drug-likeness (QED) is 0.733. The third kappa shape index (κ3) is 2.01. The normalized spacial score (nSPS) is 18.5. The van der Waals surface area contributed by atoms with Gasteiger partial charge < -0.3 is 5.32 Å². The summed E-state index contributed by atoms with van der Waals surface area (Å²) in [6.07, 6.45) is 7.51. The molecule has 0 saturated carbocycles. The molecule has 1 heterocycles. The van der Waals surface area contributed by atoms with Crippen molar-refractivity contribution in [1.82, 2.24) is 0 Å². The van der Waals surface area contributed by atoms with E-state index in [0.717, 1.165) is 16.9 Å². The van der Waals surface area contributed by atoms with Crippen molar-refractivity contribution in [2.75, 3.05) is 5.32 Å². The van der Waals surface area contributed by atoms with E-state index in [-0.39, 0.29) is 0 Å². The molecule has 1 aliphatic heterocycles. The van der Waals surface area contributed by atoms with Gasteiger partial charge in [0.05, 0.1) is 0 Å². The lowest BCUT2D eigenvalue weighted by Gasteiger charge is -2.22. The molecule has 2 rings (SSSR count). The molecule has 77 valence electrons. The first kappa shape index (κ1) is 10.6. The third-order valence-electron chi connectivity index (χ3n) is 2.43. The van der Waals surface area contributed by atoms with Crippen LogP contribution in [0.1, 0.15) is 0 Å². The van der Waals surface area contributed by atoms with Crippen molar-refractivity contribution < 1.29 is 0 Å². The Labute approximate surface area is 97.1 Å². The van der Waals surface area contributed by atoms with E-state index in [1.807, 2.05) is 24.3 Å². The fraction of sp³-hybridized carbons (Fsp3) is 0. The maximum absolute atomic E-state index is 3.73. The van der Waals surface area contributed by atoms with Gasteiger partial charge in [0.1, 0.15) is 0 Å². The van der Waals surface area contributed by atoms with Crippen molar-refractivity contribution in [3.8, 4) is 0 Å². The van der Waals surface area contributed by atoms with Gasteiger partial charge in [0, 0.05) is 11.4 Å². The highest BCUT2D eigenvalue weighted by molar-refractivity contribution is 6.65. The molecule has 0 aromatic heterocycles. The number of rotatable bonds is 2. The van der Waals surface area contributed by atoms with Crippen molar-refractivity contribution in [3.05, 3.63) is 72.9 Å². The Morgan fingerprint density at radius 3 is 2.56 bits per heavy atom. The molecule has 1 N–H and O–H groups in total. The predicted octanol–water partition coefficient (Wildman–Crippen LogP) is 2.58. The zero-order chi connectivity index (χ0) is 11.4. The second-order valence-corrected chi connectivity index (χ2v) is 3.53. The molecular weight excluding hydrogens is 193 g/mol. The average Bonchev–Trinajstić information content (AvgIpc) is 2.30. The smallest absolute Gasteiger partial charge is 0.196 e. The Morgan fingerprint density at radius 1 is 1.06 bits per heavy atom. The van der Waals surface area contributed by atoms with Crippen LogP contribution in [0.4, 0.5) is 5.69 Å². The topological polar surface area (TPSA) is 12.0 Å². The highest BCUT2D eigenvalue weighted by Crippen LogP contribution is 2.19. The lowest BCUT2D eigenvalue weighted by molar-refractivity contribution is 1.44. The van der Waals surface area contributed by atoms with E-state index in [4.69, 9.17) is 0 Å². The van der Waals surface area contributed by atoms with Gasteiger partial charge >= 0.3 is 0 Å². The minimum absolute atomic E-state index is 1.05. The lowest BCUT2D eigenvalue weighted by Crippen LogP contribution is -2.29. The van der Waals surface area contributed by atoms with Crippen LogP contribution in [-0.2, 0) is 0 Å². The molecule has 0 spiro atoms. The summed E-state index contributed by atoms with van der Waals surface area (Å²) in [4.78, 5) is 0. The standard InChI is InChI=1S/C14H13BN/c1-3-7-11-13(8-4-2)16-14-10-6-5-9-12(14)15-11/h3-10,16H,1-2H2/b11-7+,13-8+. The van der Waals surface area contributed by atoms with Gasteiger partial charge in [-0.1, -0.05) is 60.5 Å². The molecule has 0 saturated heterocycles. The van der Waals surface area contributed by atoms with Crippen LogP contribution < -0.4 is 10.8 Å². The minimum Gasteiger partial charge on any atom is -0.356 e. The number of nitrogens with one attached hydrogen (secondary N) is 1. The Kier molecular flexibility index (Phi) is 3.11. The number of hydrogen-bond acceptors (Lipinski definition) is 1. The van der Waals surface area contributed by atoms with Crippen molar-refractivity contribution in [2.24, 2.45) is 0 Å². The van der Waals surface area contributed by atoms with E-state index >= 15 is 0 Å². The summed E-state index contributed by atoms with van der Waals surface area (Å²) in [6, 6.07) is 8.20. The average molecular weight is 206 g/mol. The first-order valence-electron chi connectivity index (χ1n) is 5.22. The maximum Gasteiger partial charge on any atom is 0.196 e. The zero-order valence-electron chi connectivity index (χ0n) is 9.11. The maximum atomic E-state index is 3.73. The summed E-state index contributed by atoms with van der Waals surface area (Å²) in [7, 11) is 2.14. The minimum atomic E-state index is 1.05. The molecule has 1 aromatic rings. The highest BCUT2D eigenvalue weighted by Gasteiger charge is 2.16. The molecule has 0 bridgehead atoms. The second-order valence-electron chi connectivity index (χ2n) is 3.53. The third-order valence-corrected chi connectivity index (χ3v) is 2.43. The number of para-hydroxylation sites is 1. The summed E-state index contributed by atoms with van der Waals surface area (Å²) in [6.45, 7) is 7.45. The van der Waals surface area contributed by atoms with Gasteiger partial charge in [-0.2, -0.15) is 0 Å². The van der Waals surface area contributed by atoms with Gasteiger partial charge in [-0.3, -0.25) is 0 Å². The molecule has 0 atom stereocenters. The summed E-state index contributed by atoms with van der Waals surface area (Å²) in [5, 5.41) is 3.38. The molecule has 1 nitrogen and oxygen atoms in total. The van der Waals surface area contributed by atoms with Crippen molar-refractivity contribution in [3.63, 3.8) is 0 Å². The van der Waals surface area contributed by atoms with E-state index in [2.05, 4.69) is 37.9 Å². The lowest BCUT2D eigenvalue weighted by atomic mass is 9.59. The Balaban J connectivity index is 2.44. The first-order chi connectivity index (χ1) is 7.85. The fourth-order valence-corrected chi connectivity index (χ4v) is 1.72. The predicted molar refractivity (Wildman–Crippen MR) is 72.0 cm³/mol. The van der Waals surface area contributed by atoms with Gasteiger partial charge in [-0.15, -0.1) is 0 Å². The van der Waals surface area contributed by atoms with E-state index in [9.17, 15) is 0 Å². The van der Waals surface area contributed by atoms with Gasteiger partial charge in [-0.25, -0.2) is 0 Å². The second kappa shape index (κ2) is 4.71. The van der Waals surface area contributed by atoms with Crippen LogP contribution in [0.25, 0.3) is 0 Å². The fourth-order valence-electron chi connectivity index (χ4n) is 1.72. The first-order valence-corrected chi connectivity index (χ1v) is 5.22. The Morgan fingerprint density at radius 2 is 1.81 bits per heavy atom.